The van der Waals surface area contributed by atoms with E-state index in [-0.39, 0.29) is 0 Å². The Bertz CT molecular complexity index is 2180. The zero-order valence-electron chi connectivity index (χ0n) is 24.5. The highest BCUT2D eigenvalue weighted by Gasteiger charge is 2.22. The standard InChI is InChI=1S/C40H29N5/c1-4-14-28(15-5-1)30-18-12-19-31(26-30)38-42-37(29-16-6-2-7-17-29)43-39(44-38)32-20-13-21-33(27-32)40-41-35-24-10-11-25-36(35)45(40)34-22-8-3-9-23-34/h1-27,38H,(H,42,43,44). The first-order valence-electron chi connectivity index (χ1n) is 15.1. The molecule has 5 nitrogen and oxygen atoms in total. The Balaban J connectivity index is 1.24. The molecule has 1 N–H and O–H groups in total. The fourth-order valence-corrected chi connectivity index (χ4v) is 5.86. The molecule has 0 amide bonds. The molecule has 5 heteroatoms. The SMILES string of the molecule is c1ccc(C2=NC(c3cccc(-c4ccccc4)c3)N=C(c3cccc(-c4nc5ccccc5n4-c4ccccc4)c3)N2)cc1. The van der Waals surface area contributed by atoms with Gasteiger partial charge in [0.05, 0.1) is 11.0 Å². The van der Waals surface area contributed by atoms with Crippen molar-refractivity contribution in [2.45, 2.75) is 6.17 Å². The van der Waals surface area contributed by atoms with Crippen LogP contribution < -0.4 is 5.32 Å². The summed E-state index contributed by atoms with van der Waals surface area (Å²) in [5, 5.41) is 3.56. The van der Waals surface area contributed by atoms with Crippen LogP contribution in [-0.4, -0.2) is 21.2 Å². The van der Waals surface area contributed by atoms with Gasteiger partial charge in [0.15, 0.2) is 6.17 Å². The molecular weight excluding hydrogens is 550 g/mol. The number of para-hydroxylation sites is 3. The molecule has 45 heavy (non-hydrogen) atoms. The topological polar surface area (TPSA) is 54.6 Å². The lowest BCUT2D eigenvalue weighted by atomic mass is 10.0. The van der Waals surface area contributed by atoms with Gasteiger partial charge in [-0.3, -0.25) is 4.57 Å². The molecule has 0 radical (unpaired) electrons. The van der Waals surface area contributed by atoms with E-state index in [0.717, 1.165) is 62.0 Å². The van der Waals surface area contributed by atoms with Gasteiger partial charge in [-0.05, 0) is 53.1 Å². The molecular formula is C40H29N5. The molecule has 0 aliphatic carbocycles. The summed E-state index contributed by atoms with van der Waals surface area (Å²) in [6, 6.07) is 56.3. The third-order valence-electron chi connectivity index (χ3n) is 8.05. The van der Waals surface area contributed by atoms with E-state index in [2.05, 4.69) is 137 Å². The Morgan fingerprint density at radius 2 is 1.04 bits per heavy atom. The van der Waals surface area contributed by atoms with Gasteiger partial charge in [-0.1, -0.05) is 127 Å². The van der Waals surface area contributed by atoms with Crippen LogP contribution in [0.25, 0.3) is 39.2 Å². The van der Waals surface area contributed by atoms with Gasteiger partial charge in [0, 0.05) is 22.4 Å². The lowest BCUT2D eigenvalue weighted by Crippen LogP contribution is -2.36. The average molecular weight is 580 g/mol. The zero-order chi connectivity index (χ0) is 30.0. The zero-order valence-corrected chi connectivity index (χ0v) is 24.5. The van der Waals surface area contributed by atoms with Gasteiger partial charge in [0.25, 0.3) is 0 Å². The van der Waals surface area contributed by atoms with Crippen molar-refractivity contribution >= 4 is 22.7 Å². The van der Waals surface area contributed by atoms with E-state index in [9.17, 15) is 0 Å². The molecule has 1 aromatic heterocycles. The van der Waals surface area contributed by atoms with Gasteiger partial charge in [0.2, 0.25) is 0 Å². The van der Waals surface area contributed by atoms with Crippen molar-refractivity contribution in [3.8, 4) is 28.2 Å². The number of hydrogen-bond donors (Lipinski definition) is 1. The molecule has 1 aliphatic heterocycles. The summed E-state index contributed by atoms with van der Waals surface area (Å²) in [4.78, 5) is 15.4. The fraction of sp³-hybridized carbons (Fsp3) is 0.0250. The van der Waals surface area contributed by atoms with Crippen LogP contribution in [0.1, 0.15) is 22.9 Å². The van der Waals surface area contributed by atoms with E-state index < -0.39 is 6.17 Å². The van der Waals surface area contributed by atoms with Crippen molar-refractivity contribution in [3.05, 3.63) is 180 Å². The van der Waals surface area contributed by atoms with Crippen molar-refractivity contribution in [2.75, 3.05) is 0 Å². The molecule has 8 rings (SSSR count). The number of aromatic nitrogens is 2. The predicted molar refractivity (Wildman–Crippen MR) is 184 cm³/mol. The summed E-state index contributed by atoms with van der Waals surface area (Å²) in [5.41, 5.74) is 9.40. The van der Waals surface area contributed by atoms with Crippen LogP contribution >= 0.6 is 0 Å². The van der Waals surface area contributed by atoms with Gasteiger partial charge in [-0.2, -0.15) is 0 Å². The molecule has 214 valence electrons. The van der Waals surface area contributed by atoms with Crippen molar-refractivity contribution in [1.82, 2.24) is 14.9 Å². The van der Waals surface area contributed by atoms with E-state index in [0.29, 0.717) is 0 Å². The van der Waals surface area contributed by atoms with Crippen molar-refractivity contribution in [1.29, 1.82) is 0 Å². The highest BCUT2D eigenvalue weighted by Crippen LogP contribution is 2.31. The normalized spacial score (nSPS) is 14.4. The smallest absolute Gasteiger partial charge is 0.169 e. The first kappa shape index (κ1) is 26.5. The Labute approximate surface area is 261 Å². The van der Waals surface area contributed by atoms with Gasteiger partial charge in [-0.15, -0.1) is 0 Å². The van der Waals surface area contributed by atoms with E-state index in [1.54, 1.807) is 0 Å². The maximum Gasteiger partial charge on any atom is 0.169 e. The summed E-state index contributed by atoms with van der Waals surface area (Å²) in [6.07, 6.45) is -0.405. The Morgan fingerprint density at radius 1 is 0.467 bits per heavy atom. The van der Waals surface area contributed by atoms with Gasteiger partial charge in [-0.25, -0.2) is 15.0 Å². The largest absolute Gasteiger partial charge is 0.324 e. The summed E-state index contributed by atoms with van der Waals surface area (Å²) >= 11 is 0. The second kappa shape index (κ2) is 11.5. The number of amidine groups is 2. The fourth-order valence-electron chi connectivity index (χ4n) is 5.86. The number of benzene rings is 6. The van der Waals surface area contributed by atoms with Crippen LogP contribution in [0.2, 0.25) is 0 Å². The van der Waals surface area contributed by atoms with Crippen LogP contribution in [0.15, 0.2) is 174 Å². The Kier molecular flexibility index (Phi) is 6.81. The molecule has 0 spiro atoms. The van der Waals surface area contributed by atoms with Gasteiger partial charge >= 0.3 is 0 Å². The van der Waals surface area contributed by atoms with Gasteiger partial charge < -0.3 is 5.32 Å². The highest BCUT2D eigenvalue weighted by molar-refractivity contribution is 6.16. The van der Waals surface area contributed by atoms with Crippen molar-refractivity contribution in [3.63, 3.8) is 0 Å². The molecule has 1 unspecified atom stereocenters. The average Bonchev–Trinajstić information content (AvgIpc) is 3.53. The minimum Gasteiger partial charge on any atom is -0.324 e. The monoisotopic (exact) mass is 579 g/mol. The number of fused-ring (bicyclic) bond motifs is 1. The lowest BCUT2D eigenvalue weighted by molar-refractivity contribution is 0.756. The Morgan fingerprint density at radius 3 is 1.82 bits per heavy atom. The molecule has 1 atom stereocenters. The van der Waals surface area contributed by atoms with Crippen LogP contribution in [0.3, 0.4) is 0 Å². The molecule has 1 aliphatic rings. The minimum absolute atomic E-state index is 0.405. The number of nitrogens with zero attached hydrogens (tertiary/aromatic N) is 4. The summed E-state index contributed by atoms with van der Waals surface area (Å²) in [5.74, 6) is 2.44. The molecule has 2 heterocycles. The molecule has 0 fully saturated rings. The van der Waals surface area contributed by atoms with Crippen LogP contribution in [-0.2, 0) is 0 Å². The first-order chi connectivity index (χ1) is 22.3. The third kappa shape index (κ3) is 5.21. The highest BCUT2D eigenvalue weighted by atomic mass is 15.2. The summed E-state index contributed by atoms with van der Waals surface area (Å²) < 4.78 is 2.22. The number of imidazole rings is 1. The maximum absolute atomic E-state index is 5.18. The molecule has 0 bridgehead atoms. The molecule has 0 saturated carbocycles. The lowest BCUT2D eigenvalue weighted by Gasteiger charge is -2.23. The first-order valence-corrected chi connectivity index (χ1v) is 15.1. The van der Waals surface area contributed by atoms with Crippen molar-refractivity contribution < 1.29 is 0 Å². The van der Waals surface area contributed by atoms with Crippen LogP contribution in [0, 0.1) is 0 Å². The van der Waals surface area contributed by atoms with Crippen LogP contribution in [0.5, 0.6) is 0 Å². The summed E-state index contributed by atoms with van der Waals surface area (Å²) in [6.45, 7) is 0. The van der Waals surface area contributed by atoms with E-state index in [1.807, 2.05) is 36.4 Å². The maximum atomic E-state index is 5.18. The third-order valence-corrected chi connectivity index (χ3v) is 8.05. The minimum atomic E-state index is -0.405. The van der Waals surface area contributed by atoms with Crippen molar-refractivity contribution in [2.24, 2.45) is 9.98 Å². The molecule has 7 aromatic rings. The number of rotatable bonds is 6. The van der Waals surface area contributed by atoms with E-state index in [1.165, 1.54) is 5.56 Å². The number of nitrogens with one attached hydrogen (secondary N) is 1. The van der Waals surface area contributed by atoms with E-state index in [4.69, 9.17) is 15.0 Å². The molecule has 0 saturated heterocycles. The Hall–Kier alpha value is -6.07. The van der Waals surface area contributed by atoms with E-state index >= 15 is 0 Å². The van der Waals surface area contributed by atoms with Crippen LogP contribution in [0.4, 0.5) is 0 Å². The number of hydrogen-bond acceptors (Lipinski definition) is 4. The second-order valence-corrected chi connectivity index (χ2v) is 11.0. The summed E-state index contributed by atoms with van der Waals surface area (Å²) in [7, 11) is 0. The number of aliphatic imine (C=N–C) groups is 2. The van der Waals surface area contributed by atoms with Gasteiger partial charge in [0.1, 0.15) is 17.5 Å². The predicted octanol–water partition coefficient (Wildman–Crippen LogP) is 8.85. The molecule has 6 aromatic carbocycles. The second-order valence-electron chi connectivity index (χ2n) is 11.0. The quantitative estimate of drug-likeness (QED) is 0.214.